The van der Waals surface area contributed by atoms with E-state index < -0.39 is 133 Å². The number of rotatable bonds is 23. The molecule has 70 heavy (non-hydrogen) atoms. The first kappa shape index (κ1) is 58.3. The number of hydrazine groups is 1. The van der Waals surface area contributed by atoms with Gasteiger partial charge < -0.3 is 53.6 Å². The highest BCUT2D eigenvalue weighted by molar-refractivity contribution is 6.06. The number of aliphatic hydroxyl groups excluding tert-OH is 1. The van der Waals surface area contributed by atoms with Crippen molar-refractivity contribution < 1.29 is 58.2 Å². The highest BCUT2D eigenvalue weighted by atomic mass is 16.3. The van der Waals surface area contributed by atoms with Crippen molar-refractivity contribution >= 4 is 58.8 Å². The molecule has 0 aliphatic carbocycles. The minimum Gasteiger partial charge on any atom is -0.508 e. The van der Waals surface area contributed by atoms with Crippen LogP contribution in [0.3, 0.4) is 0 Å². The van der Waals surface area contributed by atoms with Gasteiger partial charge in [0.15, 0.2) is 11.6 Å². The van der Waals surface area contributed by atoms with Crippen molar-refractivity contribution in [1.29, 1.82) is 0 Å². The fourth-order valence-corrected chi connectivity index (χ4v) is 8.63. The SMILES string of the molecule is CCCCCCCCCCCCCCC1CC(=O)N[C@@H](CC(N)=O)C(=O)N[C@@H](Cc2ccc(O)cc2)C(=O)N[C@@H](CCC(N)=O)C(=O)CC(=O)[C@@H]2CCCN2C(=O)[C@H](CO)NC(=O)[C@H](CC(N)=O)NN1. The van der Waals surface area contributed by atoms with Crippen LogP contribution in [0, 0.1) is 0 Å². The van der Waals surface area contributed by atoms with Crippen molar-refractivity contribution in [2.75, 3.05) is 13.2 Å². The van der Waals surface area contributed by atoms with E-state index in [1.54, 1.807) is 0 Å². The second-order valence-corrected chi connectivity index (χ2v) is 18.4. The lowest BCUT2D eigenvalue weighted by Crippen LogP contribution is -2.59. The number of hydrogen-bond acceptors (Lipinski definition) is 14. The van der Waals surface area contributed by atoms with Crippen molar-refractivity contribution in [3.8, 4) is 5.75 Å². The van der Waals surface area contributed by atoms with Crippen molar-refractivity contribution in [2.45, 2.75) is 190 Å². The lowest BCUT2D eigenvalue weighted by molar-refractivity contribution is -0.143. The first-order valence-electron chi connectivity index (χ1n) is 24.7. The largest absolute Gasteiger partial charge is 0.508 e. The molecule has 1 unspecified atom stereocenters. The Morgan fingerprint density at radius 1 is 0.629 bits per heavy atom. The summed E-state index contributed by atoms with van der Waals surface area (Å²) in [5.41, 5.74) is 22.6. The summed E-state index contributed by atoms with van der Waals surface area (Å²) in [6.45, 7) is 1.30. The summed E-state index contributed by atoms with van der Waals surface area (Å²) in [5.74, 6) is -8.89. The molecule has 0 radical (unpaired) electrons. The number of unbranched alkanes of at least 4 members (excludes halogenated alkanes) is 11. The molecule has 0 bridgehead atoms. The van der Waals surface area contributed by atoms with Gasteiger partial charge in [-0.2, -0.15) is 0 Å². The van der Waals surface area contributed by atoms with E-state index in [4.69, 9.17) is 17.2 Å². The number of hydrogen-bond donors (Lipinski definition) is 11. The molecule has 22 nitrogen and oxygen atoms in total. The third-order valence-electron chi connectivity index (χ3n) is 12.5. The number of primary amides is 3. The number of aliphatic hydroxyl groups is 1. The normalized spacial score (nSPS) is 23.7. The number of phenolic OH excluding ortho intramolecular Hbond substituents is 1. The number of carbonyl (C=O) groups is 10. The van der Waals surface area contributed by atoms with Gasteiger partial charge in [-0.15, -0.1) is 0 Å². The van der Waals surface area contributed by atoms with Crippen LogP contribution in [0.15, 0.2) is 24.3 Å². The minimum atomic E-state index is -1.62. The van der Waals surface area contributed by atoms with E-state index in [0.29, 0.717) is 24.8 Å². The molecule has 8 amide bonds. The van der Waals surface area contributed by atoms with E-state index in [2.05, 4.69) is 39.0 Å². The van der Waals surface area contributed by atoms with E-state index in [-0.39, 0.29) is 38.0 Å². The maximum absolute atomic E-state index is 14.1. The van der Waals surface area contributed by atoms with Crippen molar-refractivity contribution in [2.24, 2.45) is 17.2 Å². The van der Waals surface area contributed by atoms with Crippen LogP contribution in [0.5, 0.6) is 5.75 Å². The van der Waals surface area contributed by atoms with Gasteiger partial charge in [0, 0.05) is 31.8 Å². The number of carbonyl (C=O) groups excluding carboxylic acids is 10. The molecule has 14 N–H and O–H groups in total. The number of fused-ring (bicyclic) bond motifs is 1. The Hall–Kier alpha value is -6.00. The number of nitrogens with one attached hydrogen (secondary N) is 6. The number of amides is 8. The summed E-state index contributed by atoms with van der Waals surface area (Å²) in [6, 6.07) is -4.00. The topological polar surface area (TPSA) is 365 Å². The molecule has 390 valence electrons. The number of phenols is 1. The van der Waals surface area contributed by atoms with E-state index in [0.717, 1.165) is 37.0 Å². The smallest absolute Gasteiger partial charge is 0.248 e. The molecule has 1 aromatic rings. The molecule has 2 heterocycles. The average molecular weight is 985 g/mol. The average Bonchev–Trinajstić information content (AvgIpc) is 3.81. The Labute approximate surface area is 409 Å². The van der Waals surface area contributed by atoms with Crippen molar-refractivity contribution in [3.05, 3.63) is 29.8 Å². The van der Waals surface area contributed by atoms with Gasteiger partial charge in [0.05, 0.1) is 38.0 Å². The van der Waals surface area contributed by atoms with Crippen LogP contribution in [0.1, 0.15) is 147 Å². The quantitative estimate of drug-likeness (QED) is 0.0497. The molecular weight excluding hydrogens is 909 g/mol. The van der Waals surface area contributed by atoms with Crippen LogP contribution in [0.25, 0.3) is 0 Å². The van der Waals surface area contributed by atoms with Crippen LogP contribution in [-0.2, 0) is 54.4 Å². The van der Waals surface area contributed by atoms with Crippen molar-refractivity contribution in [3.63, 3.8) is 0 Å². The molecule has 0 aromatic heterocycles. The van der Waals surface area contributed by atoms with Gasteiger partial charge in [-0.3, -0.25) is 53.4 Å². The zero-order valence-corrected chi connectivity index (χ0v) is 40.5. The Balaban J connectivity index is 1.99. The number of ketones is 2. The summed E-state index contributed by atoms with van der Waals surface area (Å²) < 4.78 is 0. The maximum atomic E-state index is 14.1. The number of aromatic hydroxyl groups is 1. The molecule has 0 spiro atoms. The fourth-order valence-electron chi connectivity index (χ4n) is 8.63. The van der Waals surface area contributed by atoms with Crippen molar-refractivity contribution in [1.82, 2.24) is 37.0 Å². The Bertz CT molecular complexity index is 1930. The zero-order valence-electron chi connectivity index (χ0n) is 40.5. The van der Waals surface area contributed by atoms with Gasteiger partial charge in [-0.05, 0) is 43.4 Å². The summed E-state index contributed by atoms with van der Waals surface area (Å²) in [6.07, 6.45) is 10.3. The van der Waals surface area contributed by atoms with Crippen LogP contribution in [0.2, 0.25) is 0 Å². The van der Waals surface area contributed by atoms with Crippen LogP contribution in [-0.4, -0.2) is 129 Å². The molecule has 1 aromatic carbocycles. The van der Waals surface area contributed by atoms with Crippen LogP contribution >= 0.6 is 0 Å². The van der Waals surface area contributed by atoms with Gasteiger partial charge >= 0.3 is 0 Å². The Morgan fingerprint density at radius 2 is 1.17 bits per heavy atom. The number of nitrogens with two attached hydrogens (primary N) is 3. The first-order valence-corrected chi connectivity index (χ1v) is 24.7. The Morgan fingerprint density at radius 3 is 1.76 bits per heavy atom. The van der Waals surface area contributed by atoms with E-state index in [1.807, 2.05) is 0 Å². The van der Waals surface area contributed by atoms with Gasteiger partial charge in [0.1, 0.15) is 29.9 Å². The van der Waals surface area contributed by atoms with Gasteiger partial charge in [0.2, 0.25) is 47.3 Å². The van der Waals surface area contributed by atoms with Gasteiger partial charge in [0.25, 0.3) is 0 Å². The van der Waals surface area contributed by atoms with E-state index >= 15 is 0 Å². The molecule has 2 aliphatic rings. The lowest BCUT2D eigenvalue weighted by Gasteiger charge is -2.29. The molecule has 3 rings (SSSR count). The molecule has 2 saturated heterocycles. The number of benzene rings is 1. The standard InChI is InChI=1S/C48H76N10O12/c1-2-3-4-5-6-7-8-9-10-11-12-13-15-31-25-44(66)52-35(26-42(50)64)46(68)54-34(24-30-17-19-32(60)20-18-30)45(67)53-33(21-22-41(49)63)39(61)28-40(62)38-16-14-23-58(38)48(70)37(29-59)55-47(69)36(57-56-31)27-43(51)65/h17-20,31,33-38,56-57,59-60H,2-16,21-29H2,1H3,(H2,49,63)(H2,50,64)(H2,51,65)(H,52,66)(H,53,67)(H,54,68)(H,55,69)/t31?,33-,34-,35-,36-,37-,38-/m0/s1. The second-order valence-electron chi connectivity index (χ2n) is 18.4. The number of Topliss-reactive ketones (excluding diaryl/α,β-unsaturated/α-hetero) is 2. The molecule has 7 atom stereocenters. The highest BCUT2D eigenvalue weighted by Gasteiger charge is 2.40. The molecule has 2 aliphatic heterocycles. The van der Waals surface area contributed by atoms with Gasteiger partial charge in [-0.25, -0.2) is 5.43 Å². The first-order chi connectivity index (χ1) is 33.4. The minimum absolute atomic E-state index is 0.0282. The summed E-state index contributed by atoms with van der Waals surface area (Å²) in [7, 11) is 0. The fraction of sp³-hybridized carbons (Fsp3) is 0.667. The molecular formula is C48H76N10O12. The lowest BCUT2D eigenvalue weighted by atomic mass is 9.97. The van der Waals surface area contributed by atoms with E-state index in [1.165, 1.54) is 62.8 Å². The summed E-state index contributed by atoms with van der Waals surface area (Å²) in [5, 5.41) is 30.2. The van der Waals surface area contributed by atoms with Crippen LogP contribution < -0.4 is 49.3 Å². The summed E-state index contributed by atoms with van der Waals surface area (Å²) >= 11 is 0. The third kappa shape index (κ3) is 21.3. The summed E-state index contributed by atoms with van der Waals surface area (Å²) in [4.78, 5) is 135. The third-order valence-corrected chi connectivity index (χ3v) is 12.5. The van der Waals surface area contributed by atoms with Crippen LogP contribution in [0.4, 0.5) is 0 Å². The predicted octanol–water partition coefficient (Wildman–Crippen LogP) is -0.272. The molecule has 2 fully saturated rings. The number of nitrogens with zero attached hydrogens (tertiary/aromatic N) is 1. The second kappa shape index (κ2) is 31.3. The molecule has 0 saturated carbocycles. The maximum Gasteiger partial charge on any atom is 0.248 e. The van der Waals surface area contributed by atoms with E-state index in [9.17, 15) is 58.2 Å². The zero-order chi connectivity index (χ0) is 51.6. The molecule has 22 heteroatoms. The highest BCUT2D eigenvalue weighted by Crippen LogP contribution is 2.22. The van der Waals surface area contributed by atoms with Gasteiger partial charge in [-0.1, -0.05) is 96.1 Å². The predicted molar refractivity (Wildman–Crippen MR) is 256 cm³/mol. The Kier molecular flexibility index (Phi) is 26.1. The monoisotopic (exact) mass is 985 g/mol.